The molecule has 0 aliphatic carbocycles. The van der Waals surface area contributed by atoms with E-state index in [-0.39, 0.29) is 0 Å². The maximum absolute atomic E-state index is 6.40. The highest BCUT2D eigenvalue weighted by atomic mass is 35.5. The van der Waals surface area contributed by atoms with E-state index in [2.05, 4.69) is 9.97 Å². The van der Waals surface area contributed by atoms with Crippen molar-refractivity contribution in [2.45, 2.75) is 0 Å². The molecular formula is C18H12Cl2N4O. The number of aromatic nitrogens is 4. The van der Waals surface area contributed by atoms with Crippen molar-refractivity contribution in [3.05, 3.63) is 64.9 Å². The highest BCUT2D eigenvalue weighted by molar-refractivity contribution is 6.33. The number of fused-ring (bicyclic) bond motifs is 1. The van der Waals surface area contributed by atoms with Crippen LogP contribution in [0.25, 0.3) is 28.2 Å². The summed E-state index contributed by atoms with van der Waals surface area (Å²) in [6.07, 6.45) is 1.45. The van der Waals surface area contributed by atoms with Crippen LogP contribution in [0.2, 0.25) is 10.0 Å². The topological polar surface area (TPSA) is 52.8 Å². The molecule has 5 nitrogen and oxygen atoms in total. The minimum atomic E-state index is 0.408. The lowest BCUT2D eigenvalue weighted by Gasteiger charge is -2.10. The number of halogens is 2. The largest absolute Gasteiger partial charge is 0.479 e. The van der Waals surface area contributed by atoms with Crippen molar-refractivity contribution < 1.29 is 4.74 Å². The van der Waals surface area contributed by atoms with Gasteiger partial charge in [-0.05, 0) is 36.4 Å². The second kappa shape index (κ2) is 6.35. The zero-order valence-electron chi connectivity index (χ0n) is 13.1. The average molecular weight is 371 g/mol. The first-order chi connectivity index (χ1) is 12.2. The summed E-state index contributed by atoms with van der Waals surface area (Å²) in [6, 6.07) is 15.0. The Morgan fingerprint density at radius 3 is 2.44 bits per heavy atom. The Labute approximate surface area is 153 Å². The Kier molecular flexibility index (Phi) is 4.03. The molecule has 0 amide bonds. The van der Waals surface area contributed by atoms with E-state index >= 15 is 0 Å². The minimum absolute atomic E-state index is 0.408. The molecule has 124 valence electrons. The summed E-state index contributed by atoms with van der Waals surface area (Å²) in [5, 5.41) is 1.25. The Morgan fingerprint density at radius 2 is 1.72 bits per heavy atom. The Bertz CT molecular complexity index is 1060. The van der Waals surface area contributed by atoms with Gasteiger partial charge in [0.25, 0.3) is 0 Å². The van der Waals surface area contributed by atoms with E-state index in [1.165, 1.54) is 6.33 Å². The van der Waals surface area contributed by atoms with Crippen molar-refractivity contribution in [3.8, 4) is 23.0 Å². The summed E-state index contributed by atoms with van der Waals surface area (Å²) in [5.74, 6) is 1.06. The standard InChI is InChI=1S/C18H12Cl2N4O/c1-25-18-15-17(21-10-22-18)24(12-8-6-11(19)7-9-12)16(23-15)13-4-2-3-5-14(13)20/h2-10H,1H3. The molecule has 0 aliphatic rings. The summed E-state index contributed by atoms with van der Waals surface area (Å²) < 4.78 is 7.25. The van der Waals surface area contributed by atoms with Crippen LogP contribution in [0.1, 0.15) is 0 Å². The smallest absolute Gasteiger partial charge is 0.245 e. The van der Waals surface area contributed by atoms with Crippen LogP contribution in [-0.4, -0.2) is 26.6 Å². The molecule has 4 aromatic rings. The third-order valence-electron chi connectivity index (χ3n) is 3.80. The predicted octanol–water partition coefficient (Wildman–Crippen LogP) is 4.80. The lowest BCUT2D eigenvalue weighted by atomic mass is 10.2. The van der Waals surface area contributed by atoms with Gasteiger partial charge in [0.15, 0.2) is 11.2 Å². The molecule has 0 saturated heterocycles. The van der Waals surface area contributed by atoms with Gasteiger partial charge in [-0.2, -0.15) is 4.98 Å². The van der Waals surface area contributed by atoms with Crippen LogP contribution in [0.4, 0.5) is 0 Å². The molecule has 25 heavy (non-hydrogen) atoms. The molecule has 0 spiro atoms. The van der Waals surface area contributed by atoms with Gasteiger partial charge in [0.1, 0.15) is 12.2 Å². The zero-order chi connectivity index (χ0) is 17.4. The SMILES string of the molecule is COc1ncnc2c1nc(-c1ccccc1Cl)n2-c1ccc(Cl)cc1. The van der Waals surface area contributed by atoms with Crippen LogP contribution in [0.3, 0.4) is 0 Å². The van der Waals surface area contributed by atoms with Gasteiger partial charge in [0.05, 0.1) is 12.1 Å². The van der Waals surface area contributed by atoms with Crippen LogP contribution in [0.5, 0.6) is 5.88 Å². The lowest BCUT2D eigenvalue weighted by Crippen LogP contribution is -1.99. The maximum Gasteiger partial charge on any atom is 0.245 e. The molecule has 0 radical (unpaired) electrons. The van der Waals surface area contributed by atoms with Gasteiger partial charge in [0, 0.05) is 16.3 Å². The summed E-state index contributed by atoms with van der Waals surface area (Å²) >= 11 is 12.4. The van der Waals surface area contributed by atoms with Crippen molar-refractivity contribution in [2.24, 2.45) is 0 Å². The molecule has 0 saturated carbocycles. The third kappa shape index (κ3) is 2.71. The molecule has 0 unspecified atom stereocenters. The lowest BCUT2D eigenvalue weighted by molar-refractivity contribution is 0.401. The number of hydrogen-bond acceptors (Lipinski definition) is 4. The number of benzene rings is 2. The first kappa shape index (κ1) is 15.9. The van der Waals surface area contributed by atoms with Crippen LogP contribution in [-0.2, 0) is 0 Å². The van der Waals surface area contributed by atoms with Gasteiger partial charge in [-0.15, -0.1) is 0 Å². The summed E-state index contributed by atoms with van der Waals surface area (Å²) in [6.45, 7) is 0. The summed E-state index contributed by atoms with van der Waals surface area (Å²) in [5.41, 5.74) is 2.85. The van der Waals surface area contributed by atoms with Crippen molar-refractivity contribution in [1.29, 1.82) is 0 Å². The Balaban J connectivity index is 2.09. The molecule has 4 rings (SSSR count). The van der Waals surface area contributed by atoms with Gasteiger partial charge >= 0.3 is 0 Å². The molecule has 7 heteroatoms. The van der Waals surface area contributed by atoms with E-state index < -0.39 is 0 Å². The van der Waals surface area contributed by atoms with Gasteiger partial charge in [-0.1, -0.05) is 35.3 Å². The van der Waals surface area contributed by atoms with E-state index in [4.69, 9.17) is 32.9 Å². The van der Waals surface area contributed by atoms with Crippen molar-refractivity contribution in [1.82, 2.24) is 19.5 Å². The molecule has 0 bridgehead atoms. The number of nitrogens with zero attached hydrogens (tertiary/aromatic N) is 4. The molecule has 0 atom stereocenters. The van der Waals surface area contributed by atoms with E-state index in [0.29, 0.717) is 32.9 Å². The van der Waals surface area contributed by atoms with Gasteiger partial charge in [0.2, 0.25) is 5.88 Å². The monoisotopic (exact) mass is 370 g/mol. The van der Waals surface area contributed by atoms with Gasteiger partial charge in [-0.3, -0.25) is 4.57 Å². The maximum atomic E-state index is 6.40. The molecule has 0 N–H and O–H groups in total. The molecule has 2 aromatic heterocycles. The first-order valence-electron chi connectivity index (χ1n) is 7.47. The Hall–Kier alpha value is -2.63. The van der Waals surface area contributed by atoms with E-state index in [1.54, 1.807) is 7.11 Å². The first-order valence-corrected chi connectivity index (χ1v) is 8.23. The van der Waals surface area contributed by atoms with Gasteiger partial charge in [-0.25, -0.2) is 9.97 Å². The average Bonchev–Trinajstić information content (AvgIpc) is 3.02. The van der Waals surface area contributed by atoms with E-state index in [1.807, 2.05) is 53.1 Å². The molecule has 2 aromatic carbocycles. The second-order valence-corrected chi connectivity index (χ2v) is 6.13. The normalized spacial score (nSPS) is 11.0. The predicted molar refractivity (Wildman–Crippen MR) is 98.7 cm³/mol. The van der Waals surface area contributed by atoms with Crippen molar-refractivity contribution >= 4 is 34.4 Å². The number of methoxy groups -OCH3 is 1. The third-order valence-corrected chi connectivity index (χ3v) is 4.39. The molecular weight excluding hydrogens is 359 g/mol. The number of ether oxygens (including phenoxy) is 1. The fourth-order valence-electron chi connectivity index (χ4n) is 2.68. The van der Waals surface area contributed by atoms with Crippen LogP contribution in [0, 0.1) is 0 Å². The molecule has 0 aliphatic heterocycles. The molecule has 0 fully saturated rings. The van der Waals surface area contributed by atoms with Crippen LogP contribution >= 0.6 is 23.2 Å². The zero-order valence-corrected chi connectivity index (χ0v) is 14.7. The summed E-state index contributed by atoms with van der Waals surface area (Å²) in [4.78, 5) is 13.2. The highest BCUT2D eigenvalue weighted by Crippen LogP contribution is 2.34. The number of imidazole rings is 1. The Morgan fingerprint density at radius 1 is 0.960 bits per heavy atom. The van der Waals surface area contributed by atoms with Crippen molar-refractivity contribution in [3.63, 3.8) is 0 Å². The fourth-order valence-corrected chi connectivity index (χ4v) is 3.03. The quantitative estimate of drug-likeness (QED) is 0.519. The molecule has 2 heterocycles. The number of hydrogen-bond donors (Lipinski definition) is 0. The van der Waals surface area contributed by atoms with Crippen molar-refractivity contribution in [2.75, 3.05) is 7.11 Å². The van der Waals surface area contributed by atoms with E-state index in [9.17, 15) is 0 Å². The van der Waals surface area contributed by atoms with Crippen LogP contribution in [0.15, 0.2) is 54.9 Å². The highest BCUT2D eigenvalue weighted by Gasteiger charge is 2.20. The fraction of sp³-hybridized carbons (Fsp3) is 0.0556. The second-order valence-electron chi connectivity index (χ2n) is 5.28. The van der Waals surface area contributed by atoms with Crippen LogP contribution < -0.4 is 4.74 Å². The van der Waals surface area contributed by atoms with Gasteiger partial charge < -0.3 is 4.74 Å². The summed E-state index contributed by atoms with van der Waals surface area (Å²) in [7, 11) is 1.55. The minimum Gasteiger partial charge on any atom is -0.479 e. The number of rotatable bonds is 3. The van der Waals surface area contributed by atoms with E-state index in [0.717, 1.165) is 11.3 Å².